The second-order valence-electron chi connectivity index (χ2n) is 4.72. The first kappa shape index (κ1) is 11.8. The van der Waals surface area contributed by atoms with Gasteiger partial charge < -0.3 is 5.32 Å². The van der Waals surface area contributed by atoms with E-state index in [1.807, 2.05) is 18.4 Å². The Balaban J connectivity index is 2.27. The first-order valence-electron chi connectivity index (χ1n) is 5.99. The number of nitrogens with one attached hydrogen (secondary N) is 1. The molecule has 0 spiro atoms. The molecule has 1 fully saturated rings. The highest BCUT2D eigenvalue weighted by atomic mass is 32.1. The summed E-state index contributed by atoms with van der Waals surface area (Å²) >= 11 is 1.59. The normalized spacial score (nSPS) is 24.9. The molecule has 1 atom stereocenters. The van der Waals surface area contributed by atoms with Crippen LogP contribution >= 0.6 is 11.3 Å². The van der Waals surface area contributed by atoms with Crippen LogP contribution in [0, 0.1) is 12.3 Å². The molecule has 1 aromatic rings. The highest BCUT2D eigenvalue weighted by molar-refractivity contribution is 7.12. The van der Waals surface area contributed by atoms with Gasteiger partial charge in [0.2, 0.25) is 0 Å². The second kappa shape index (κ2) is 4.68. The number of carbonyl (C=O) groups excluding carboxylic acids is 1. The van der Waals surface area contributed by atoms with Crippen molar-refractivity contribution in [2.24, 2.45) is 5.41 Å². The molecule has 1 unspecified atom stereocenters. The van der Waals surface area contributed by atoms with Crippen LogP contribution in [0.1, 0.15) is 41.4 Å². The van der Waals surface area contributed by atoms with Crippen LogP contribution in [-0.4, -0.2) is 18.9 Å². The lowest BCUT2D eigenvalue weighted by atomic mass is 9.77. The van der Waals surface area contributed by atoms with E-state index in [1.165, 1.54) is 0 Å². The van der Waals surface area contributed by atoms with Gasteiger partial charge in [0.05, 0.1) is 4.88 Å². The van der Waals surface area contributed by atoms with E-state index in [0.717, 1.165) is 42.8 Å². The van der Waals surface area contributed by atoms with Gasteiger partial charge in [-0.15, -0.1) is 11.3 Å². The molecule has 2 rings (SSSR count). The predicted molar refractivity (Wildman–Crippen MR) is 68.2 cm³/mol. The molecule has 3 heteroatoms. The SMILES string of the molecule is CCCC1(C(=O)c2sccc2C)CCNC1. The predicted octanol–water partition coefficient (Wildman–Crippen LogP) is 3.02. The first-order chi connectivity index (χ1) is 7.69. The lowest BCUT2D eigenvalue weighted by Crippen LogP contribution is -2.33. The van der Waals surface area contributed by atoms with Gasteiger partial charge in [-0.3, -0.25) is 4.79 Å². The molecule has 0 saturated carbocycles. The van der Waals surface area contributed by atoms with Crippen molar-refractivity contribution in [3.8, 4) is 0 Å². The highest BCUT2D eigenvalue weighted by Gasteiger charge is 2.41. The molecule has 0 aliphatic carbocycles. The molecule has 1 saturated heterocycles. The fourth-order valence-corrected chi connectivity index (χ4v) is 3.57. The van der Waals surface area contributed by atoms with Gasteiger partial charge in [-0.25, -0.2) is 0 Å². The number of ketones is 1. The fraction of sp³-hybridized carbons (Fsp3) is 0.615. The average molecular weight is 237 g/mol. The van der Waals surface area contributed by atoms with Crippen molar-refractivity contribution < 1.29 is 4.79 Å². The second-order valence-corrected chi connectivity index (χ2v) is 5.64. The van der Waals surface area contributed by atoms with Crippen LogP contribution in [0.2, 0.25) is 0 Å². The number of hydrogen-bond donors (Lipinski definition) is 1. The van der Waals surface area contributed by atoms with Crippen LogP contribution in [0.3, 0.4) is 0 Å². The van der Waals surface area contributed by atoms with Gasteiger partial charge >= 0.3 is 0 Å². The van der Waals surface area contributed by atoms with Gasteiger partial charge in [-0.2, -0.15) is 0 Å². The van der Waals surface area contributed by atoms with Gasteiger partial charge in [0.1, 0.15) is 0 Å². The van der Waals surface area contributed by atoms with E-state index in [4.69, 9.17) is 0 Å². The Hall–Kier alpha value is -0.670. The van der Waals surface area contributed by atoms with Gasteiger partial charge in [0, 0.05) is 12.0 Å². The fourth-order valence-electron chi connectivity index (χ4n) is 2.59. The molecular weight excluding hydrogens is 218 g/mol. The lowest BCUT2D eigenvalue weighted by molar-refractivity contribution is 0.0806. The molecule has 0 amide bonds. The van der Waals surface area contributed by atoms with Crippen molar-refractivity contribution in [3.63, 3.8) is 0 Å². The van der Waals surface area contributed by atoms with Crippen LogP contribution in [-0.2, 0) is 0 Å². The molecule has 1 aliphatic heterocycles. The largest absolute Gasteiger partial charge is 0.316 e. The quantitative estimate of drug-likeness (QED) is 0.816. The summed E-state index contributed by atoms with van der Waals surface area (Å²) < 4.78 is 0. The number of carbonyl (C=O) groups is 1. The Morgan fingerprint density at radius 3 is 2.94 bits per heavy atom. The van der Waals surface area contributed by atoms with Gasteiger partial charge in [0.15, 0.2) is 5.78 Å². The summed E-state index contributed by atoms with van der Waals surface area (Å²) in [7, 11) is 0. The van der Waals surface area contributed by atoms with Crippen molar-refractivity contribution in [1.82, 2.24) is 5.32 Å². The van der Waals surface area contributed by atoms with Crippen LogP contribution in [0.5, 0.6) is 0 Å². The zero-order valence-corrected chi connectivity index (χ0v) is 10.8. The van der Waals surface area contributed by atoms with E-state index < -0.39 is 0 Å². The van der Waals surface area contributed by atoms with Crippen LogP contribution in [0.25, 0.3) is 0 Å². The van der Waals surface area contributed by atoms with E-state index in [2.05, 4.69) is 12.2 Å². The summed E-state index contributed by atoms with van der Waals surface area (Å²) in [6, 6.07) is 2.04. The first-order valence-corrected chi connectivity index (χ1v) is 6.87. The minimum atomic E-state index is -0.121. The monoisotopic (exact) mass is 237 g/mol. The average Bonchev–Trinajstić information content (AvgIpc) is 2.87. The smallest absolute Gasteiger partial charge is 0.180 e. The van der Waals surface area contributed by atoms with Gasteiger partial charge in [-0.05, 0) is 43.3 Å². The van der Waals surface area contributed by atoms with Crippen molar-refractivity contribution in [2.45, 2.75) is 33.1 Å². The third-order valence-corrected chi connectivity index (χ3v) is 4.54. The third-order valence-electron chi connectivity index (χ3n) is 3.52. The maximum Gasteiger partial charge on any atom is 0.180 e. The van der Waals surface area contributed by atoms with Crippen LogP contribution < -0.4 is 5.32 Å². The summed E-state index contributed by atoms with van der Waals surface area (Å²) in [6.45, 7) is 6.04. The number of Topliss-reactive ketones (excluding diaryl/α,β-unsaturated/α-hetero) is 1. The molecule has 0 radical (unpaired) electrons. The van der Waals surface area contributed by atoms with Crippen molar-refractivity contribution in [3.05, 3.63) is 21.9 Å². The minimum absolute atomic E-state index is 0.121. The lowest BCUT2D eigenvalue weighted by Gasteiger charge is -2.25. The molecule has 88 valence electrons. The maximum absolute atomic E-state index is 12.6. The number of rotatable bonds is 4. The summed E-state index contributed by atoms with van der Waals surface area (Å²) in [5.74, 6) is 0.367. The maximum atomic E-state index is 12.6. The molecule has 0 aromatic carbocycles. The van der Waals surface area contributed by atoms with Crippen LogP contribution in [0.15, 0.2) is 11.4 Å². The number of thiophene rings is 1. The Bertz CT molecular complexity index is 377. The number of hydrogen-bond acceptors (Lipinski definition) is 3. The van der Waals surface area contributed by atoms with E-state index in [-0.39, 0.29) is 5.41 Å². The van der Waals surface area contributed by atoms with Crippen molar-refractivity contribution in [2.75, 3.05) is 13.1 Å². The molecule has 1 aliphatic rings. The van der Waals surface area contributed by atoms with Crippen molar-refractivity contribution in [1.29, 1.82) is 0 Å². The topological polar surface area (TPSA) is 29.1 Å². The molecule has 1 N–H and O–H groups in total. The van der Waals surface area contributed by atoms with E-state index in [9.17, 15) is 4.79 Å². The minimum Gasteiger partial charge on any atom is -0.316 e. The zero-order chi connectivity index (χ0) is 11.6. The summed E-state index contributed by atoms with van der Waals surface area (Å²) in [5, 5.41) is 5.36. The summed E-state index contributed by atoms with van der Waals surface area (Å²) in [4.78, 5) is 13.6. The van der Waals surface area contributed by atoms with E-state index >= 15 is 0 Å². The van der Waals surface area contributed by atoms with E-state index in [1.54, 1.807) is 11.3 Å². The Labute approximate surface area is 101 Å². The summed E-state index contributed by atoms with van der Waals surface area (Å²) in [5.41, 5.74) is 1.02. The zero-order valence-electron chi connectivity index (χ0n) is 10.0. The molecule has 2 nitrogen and oxygen atoms in total. The summed E-state index contributed by atoms with van der Waals surface area (Å²) in [6.07, 6.45) is 3.09. The van der Waals surface area contributed by atoms with Crippen LogP contribution in [0.4, 0.5) is 0 Å². The number of aryl methyl sites for hydroxylation is 1. The Morgan fingerprint density at radius 2 is 2.44 bits per heavy atom. The Morgan fingerprint density at radius 1 is 1.62 bits per heavy atom. The highest BCUT2D eigenvalue weighted by Crippen LogP contribution is 2.36. The molecule has 1 aromatic heterocycles. The van der Waals surface area contributed by atoms with Gasteiger partial charge in [-0.1, -0.05) is 13.3 Å². The van der Waals surface area contributed by atoms with Gasteiger partial charge in [0.25, 0.3) is 0 Å². The molecule has 2 heterocycles. The van der Waals surface area contributed by atoms with Crippen molar-refractivity contribution >= 4 is 17.1 Å². The Kier molecular flexibility index (Phi) is 3.45. The van der Waals surface area contributed by atoms with E-state index in [0.29, 0.717) is 5.78 Å². The third kappa shape index (κ3) is 1.94. The standard InChI is InChI=1S/C13H19NOS/c1-3-5-13(6-7-14-9-13)12(15)11-10(2)4-8-16-11/h4,8,14H,3,5-7,9H2,1-2H3. The molecular formula is C13H19NOS. The molecule has 16 heavy (non-hydrogen) atoms. The molecule has 0 bridgehead atoms.